The van der Waals surface area contributed by atoms with Gasteiger partial charge >= 0.3 is 0 Å². The third-order valence-corrected chi connectivity index (χ3v) is 4.78. The van der Waals surface area contributed by atoms with Gasteiger partial charge in [-0.15, -0.1) is 0 Å². The topological polar surface area (TPSA) is 63.1 Å². The third kappa shape index (κ3) is 3.03. The number of nitrogens with one attached hydrogen (secondary N) is 1. The molecule has 3 heterocycles. The number of hydrogen-bond donors (Lipinski definition) is 1. The first-order valence-corrected chi connectivity index (χ1v) is 9.12. The summed E-state index contributed by atoms with van der Waals surface area (Å²) >= 11 is 0. The molecular weight excluding hydrogens is 326 g/mol. The van der Waals surface area contributed by atoms with Crippen LogP contribution in [0, 0.1) is 0 Å². The molecule has 0 atom stereocenters. The molecule has 0 unspecified atom stereocenters. The fourth-order valence-electron chi connectivity index (χ4n) is 3.45. The molecule has 6 nitrogen and oxygen atoms in total. The number of para-hydroxylation sites is 2. The minimum absolute atomic E-state index is 0.150. The van der Waals surface area contributed by atoms with Crippen molar-refractivity contribution in [1.29, 1.82) is 0 Å². The molecular formula is C20H23N5O. The molecule has 1 aromatic carbocycles. The molecule has 0 radical (unpaired) electrons. The van der Waals surface area contributed by atoms with Crippen LogP contribution in [0.25, 0.3) is 11.0 Å². The summed E-state index contributed by atoms with van der Waals surface area (Å²) in [6.45, 7) is 6.19. The van der Waals surface area contributed by atoms with Crippen molar-refractivity contribution in [2.75, 3.05) is 23.3 Å². The van der Waals surface area contributed by atoms with Crippen LogP contribution in [0.5, 0.6) is 0 Å². The lowest BCUT2D eigenvalue weighted by Crippen LogP contribution is -2.21. The minimum Gasteiger partial charge on any atom is -0.370 e. The lowest BCUT2D eigenvalue weighted by atomic mass is 10.2. The van der Waals surface area contributed by atoms with E-state index in [2.05, 4.69) is 40.2 Å². The zero-order valence-corrected chi connectivity index (χ0v) is 15.1. The Balaban J connectivity index is 1.60. The number of aromatic nitrogens is 3. The predicted octanol–water partition coefficient (Wildman–Crippen LogP) is 3.86. The summed E-state index contributed by atoms with van der Waals surface area (Å²) in [6, 6.07) is 10.1. The van der Waals surface area contributed by atoms with Crippen LogP contribution in [-0.2, 0) is 0 Å². The smallest absolute Gasteiger partial charge is 0.257 e. The second-order valence-corrected chi connectivity index (χ2v) is 6.99. The zero-order valence-electron chi connectivity index (χ0n) is 15.1. The fourth-order valence-corrected chi connectivity index (χ4v) is 3.45. The number of benzene rings is 1. The van der Waals surface area contributed by atoms with E-state index in [4.69, 9.17) is 0 Å². The van der Waals surface area contributed by atoms with Crippen molar-refractivity contribution in [3.05, 3.63) is 48.3 Å². The second kappa shape index (κ2) is 6.78. The van der Waals surface area contributed by atoms with Crippen molar-refractivity contribution >= 4 is 28.3 Å². The van der Waals surface area contributed by atoms with Crippen LogP contribution in [0.1, 0.15) is 43.1 Å². The number of carbonyl (C=O) groups is 1. The number of amides is 1. The number of pyridine rings is 1. The quantitative estimate of drug-likeness (QED) is 0.777. The highest BCUT2D eigenvalue weighted by Gasteiger charge is 2.18. The van der Waals surface area contributed by atoms with Crippen molar-refractivity contribution in [3.63, 3.8) is 0 Å². The lowest BCUT2D eigenvalue weighted by molar-refractivity contribution is 0.102. The molecule has 1 fully saturated rings. The molecule has 0 saturated carbocycles. The normalized spacial score (nSPS) is 14.3. The van der Waals surface area contributed by atoms with E-state index in [0.717, 1.165) is 35.5 Å². The Morgan fingerprint density at radius 2 is 1.92 bits per heavy atom. The van der Waals surface area contributed by atoms with Crippen LogP contribution in [0.2, 0.25) is 0 Å². The molecule has 1 aliphatic rings. The van der Waals surface area contributed by atoms with Crippen molar-refractivity contribution in [3.8, 4) is 0 Å². The van der Waals surface area contributed by atoms with E-state index >= 15 is 0 Å². The van der Waals surface area contributed by atoms with Crippen LogP contribution in [-0.4, -0.2) is 33.8 Å². The first kappa shape index (κ1) is 16.6. The van der Waals surface area contributed by atoms with Gasteiger partial charge in [0.2, 0.25) is 0 Å². The summed E-state index contributed by atoms with van der Waals surface area (Å²) in [6.07, 6.45) is 5.78. The van der Waals surface area contributed by atoms with Crippen LogP contribution in [0.15, 0.2) is 42.7 Å². The van der Waals surface area contributed by atoms with Gasteiger partial charge < -0.3 is 10.2 Å². The van der Waals surface area contributed by atoms with E-state index in [-0.39, 0.29) is 11.9 Å². The number of nitrogens with zero attached hydrogens (tertiary/aromatic N) is 4. The molecule has 3 aromatic rings. The largest absolute Gasteiger partial charge is 0.370 e. The van der Waals surface area contributed by atoms with Gasteiger partial charge in [0.25, 0.3) is 5.91 Å². The molecule has 4 rings (SSSR count). The van der Waals surface area contributed by atoms with Crippen molar-refractivity contribution in [2.24, 2.45) is 0 Å². The number of anilines is 2. The Labute approximate surface area is 152 Å². The number of carbonyl (C=O) groups excluding carboxylic acids is 1. The van der Waals surface area contributed by atoms with Gasteiger partial charge in [-0.25, -0.2) is 9.67 Å². The third-order valence-electron chi connectivity index (χ3n) is 4.78. The summed E-state index contributed by atoms with van der Waals surface area (Å²) in [5.41, 5.74) is 3.27. The number of hydrogen-bond acceptors (Lipinski definition) is 4. The molecule has 1 amide bonds. The summed E-state index contributed by atoms with van der Waals surface area (Å²) in [7, 11) is 0. The maximum Gasteiger partial charge on any atom is 0.257 e. The molecule has 0 aliphatic carbocycles. The van der Waals surface area contributed by atoms with Crippen LogP contribution in [0.4, 0.5) is 11.4 Å². The Bertz CT molecular complexity index is 940. The van der Waals surface area contributed by atoms with Crippen molar-refractivity contribution in [2.45, 2.75) is 32.7 Å². The van der Waals surface area contributed by atoms with Crippen LogP contribution in [0.3, 0.4) is 0 Å². The van der Waals surface area contributed by atoms with Crippen LogP contribution >= 0.6 is 0 Å². The van der Waals surface area contributed by atoms with E-state index in [0.29, 0.717) is 5.56 Å². The van der Waals surface area contributed by atoms with Crippen LogP contribution < -0.4 is 10.2 Å². The van der Waals surface area contributed by atoms with Gasteiger partial charge in [0.1, 0.15) is 0 Å². The average molecular weight is 349 g/mol. The SMILES string of the molecule is CC(C)n1ncc2cc(C(=O)Nc3ccccc3N3CCCC3)cnc21. The molecule has 0 spiro atoms. The van der Waals surface area contributed by atoms with Gasteiger partial charge in [-0.3, -0.25) is 4.79 Å². The second-order valence-electron chi connectivity index (χ2n) is 6.99. The van der Waals surface area contributed by atoms with E-state index in [9.17, 15) is 4.79 Å². The monoisotopic (exact) mass is 349 g/mol. The van der Waals surface area contributed by atoms with E-state index in [1.165, 1.54) is 12.8 Å². The highest BCUT2D eigenvalue weighted by Crippen LogP contribution is 2.29. The highest BCUT2D eigenvalue weighted by molar-refractivity contribution is 6.07. The van der Waals surface area contributed by atoms with Gasteiger partial charge in [0, 0.05) is 30.7 Å². The molecule has 0 bridgehead atoms. The number of fused-ring (bicyclic) bond motifs is 1. The molecule has 134 valence electrons. The summed E-state index contributed by atoms with van der Waals surface area (Å²) in [5.74, 6) is -0.150. The summed E-state index contributed by atoms with van der Waals surface area (Å²) in [5, 5.41) is 8.29. The van der Waals surface area contributed by atoms with Gasteiger partial charge in [-0.1, -0.05) is 12.1 Å². The van der Waals surface area contributed by atoms with Crippen molar-refractivity contribution < 1.29 is 4.79 Å². The minimum atomic E-state index is -0.150. The zero-order chi connectivity index (χ0) is 18.1. The summed E-state index contributed by atoms with van der Waals surface area (Å²) < 4.78 is 1.86. The van der Waals surface area contributed by atoms with Gasteiger partial charge in [-0.2, -0.15) is 5.10 Å². The maximum absolute atomic E-state index is 12.8. The van der Waals surface area contributed by atoms with E-state index < -0.39 is 0 Å². The molecule has 1 aliphatic heterocycles. The molecule has 1 saturated heterocycles. The van der Waals surface area contributed by atoms with Crippen molar-refractivity contribution in [1.82, 2.24) is 14.8 Å². The Kier molecular flexibility index (Phi) is 4.32. The molecule has 6 heteroatoms. The molecule has 26 heavy (non-hydrogen) atoms. The molecule has 2 aromatic heterocycles. The lowest BCUT2D eigenvalue weighted by Gasteiger charge is -2.21. The molecule has 1 N–H and O–H groups in total. The van der Waals surface area contributed by atoms with Gasteiger partial charge in [-0.05, 0) is 44.9 Å². The number of rotatable bonds is 4. The summed E-state index contributed by atoms with van der Waals surface area (Å²) in [4.78, 5) is 19.5. The Morgan fingerprint density at radius 1 is 1.15 bits per heavy atom. The fraction of sp³-hybridized carbons (Fsp3) is 0.350. The first-order valence-electron chi connectivity index (χ1n) is 9.12. The Morgan fingerprint density at radius 3 is 2.69 bits per heavy atom. The van der Waals surface area contributed by atoms with E-state index in [1.807, 2.05) is 28.9 Å². The Hall–Kier alpha value is -2.89. The van der Waals surface area contributed by atoms with Gasteiger partial charge in [0.05, 0.1) is 23.1 Å². The standard InChI is InChI=1S/C20H23N5O/c1-14(2)25-19-15(13-22-25)11-16(12-21-19)20(26)23-17-7-3-4-8-18(17)24-9-5-6-10-24/h3-4,7-8,11-14H,5-6,9-10H2,1-2H3,(H,23,26). The van der Waals surface area contributed by atoms with Gasteiger partial charge in [0.15, 0.2) is 5.65 Å². The maximum atomic E-state index is 12.8. The first-order chi connectivity index (χ1) is 12.6. The average Bonchev–Trinajstić information content (AvgIpc) is 3.31. The van der Waals surface area contributed by atoms with E-state index in [1.54, 1.807) is 12.4 Å². The predicted molar refractivity (Wildman–Crippen MR) is 104 cm³/mol. The highest BCUT2D eigenvalue weighted by atomic mass is 16.1.